The minimum Gasteiger partial charge on any atom is -0.466 e. The summed E-state index contributed by atoms with van der Waals surface area (Å²) in [5, 5.41) is 8.70. The standard InChI is InChI=1S/C20H17N3O4S/c1-11-9-15(13(3)26-11)18-23-22-16(27-18)10-25-20(24)17-12(2)21-19(28-17)14-7-5-4-6-8-14/h4-9H,10H2,1-3H3. The highest BCUT2D eigenvalue weighted by atomic mass is 32.1. The molecule has 1 aromatic carbocycles. The summed E-state index contributed by atoms with van der Waals surface area (Å²) in [4.78, 5) is 17.4. The third-order valence-corrected chi connectivity index (χ3v) is 5.25. The molecular formula is C20H17N3O4S. The van der Waals surface area contributed by atoms with Crippen molar-refractivity contribution in [1.82, 2.24) is 15.2 Å². The number of aryl methyl sites for hydroxylation is 3. The second-order valence-electron chi connectivity index (χ2n) is 6.20. The number of hydrogen-bond acceptors (Lipinski definition) is 8. The van der Waals surface area contributed by atoms with E-state index in [1.54, 1.807) is 6.92 Å². The number of nitrogens with zero attached hydrogens (tertiary/aromatic N) is 3. The number of ether oxygens (including phenoxy) is 1. The van der Waals surface area contributed by atoms with E-state index in [1.165, 1.54) is 11.3 Å². The molecule has 142 valence electrons. The van der Waals surface area contributed by atoms with E-state index in [0.717, 1.165) is 21.9 Å². The van der Waals surface area contributed by atoms with E-state index in [1.807, 2.05) is 50.2 Å². The molecule has 0 radical (unpaired) electrons. The summed E-state index contributed by atoms with van der Waals surface area (Å²) in [6, 6.07) is 11.5. The summed E-state index contributed by atoms with van der Waals surface area (Å²) in [5.74, 6) is 1.53. The van der Waals surface area contributed by atoms with Crippen LogP contribution in [0.25, 0.3) is 22.0 Å². The van der Waals surface area contributed by atoms with E-state index < -0.39 is 5.97 Å². The molecule has 4 aromatic rings. The second-order valence-corrected chi connectivity index (χ2v) is 7.20. The normalized spacial score (nSPS) is 11.0. The van der Waals surface area contributed by atoms with Crippen molar-refractivity contribution >= 4 is 17.3 Å². The molecule has 0 N–H and O–H groups in total. The van der Waals surface area contributed by atoms with Crippen LogP contribution < -0.4 is 0 Å². The first-order valence-corrected chi connectivity index (χ1v) is 9.42. The summed E-state index contributed by atoms with van der Waals surface area (Å²) >= 11 is 1.30. The van der Waals surface area contributed by atoms with Gasteiger partial charge in [0.1, 0.15) is 21.4 Å². The van der Waals surface area contributed by atoms with E-state index in [4.69, 9.17) is 13.6 Å². The topological polar surface area (TPSA) is 91.2 Å². The van der Waals surface area contributed by atoms with Gasteiger partial charge < -0.3 is 13.6 Å². The van der Waals surface area contributed by atoms with Crippen LogP contribution in [0.2, 0.25) is 0 Å². The van der Waals surface area contributed by atoms with Gasteiger partial charge in [0.15, 0.2) is 6.61 Å². The lowest BCUT2D eigenvalue weighted by Crippen LogP contribution is -2.05. The Morgan fingerprint density at radius 2 is 1.89 bits per heavy atom. The number of benzene rings is 1. The van der Waals surface area contributed by atoms with Crippen molar-refractivity contribution in [2.24, 2.45) is 0 Å². The smallest absolute Gasteiger partial charge is 0.350 e. The molecule has 8 heteroatoms. The summed E-state index contributed by atoms with van der Waals surface area (Å²) < 4.78 is 16.4. The van der Waals surface area contributed by atoms with Crippen LogP contribution in [0.15, 0.2) is 45.2 Å². The summed E-state index contributed by atoms with van der Waals surface area (Å²) in [5.41, 5.74) is 2.32. The van der Waals surface area contributed by atoms with Gasteiger partial charge >= 0.3 is 5.97 Å². The van der Waals surface area contributed by atoms with Crippen LogP contribution in [-0.4, -0.2) is 21.2 Å². The Bertz CT molecular complexity index is 1130. The molecule has 7 nitrogen and oxygen atoms in total. The van der Waals surface area contributed by atoms with Crippen molar-refractivity contribution in [2.45, 2.75) is 27.4 Å². The molecule has 0 atom stereocenters. The molecule has 3 heterocycles. The first kappa shape index (κ1) is 18.1. The zero-order valence-corrected chi connectivity index (χ0v) is 16.4. The predicted molar refractivity (Wildman–Crippen MR) is 103 cm³/mol. The van der Waals surface area contributed by atoms with Gasteiger partial charge in [0, 0.05) is 5.56 Å². The van der Waals surface area contributed by atoms with Gasteiger partial charge in [0.05, 0.1) is 11.3 Å². The van der Waals surface area contributed by atoms with Gasteiger partial charge in [-0.1, -0.05) is 30.3 Å². The number of hydrogen-bond donors (Lipinski definition) is 0. The maximum absolute atomic E-state index is 12.5. The quantitative estimate of drug-likeness (QED) is 0.451. The molecule has 0 aliphatic heterocycles. The molecule has 0 amide bonds. The maximum Gasteiger partial charge on any atom is 0.350 e. The van der Waals surface area contributed by atoms with Gasteiger partial charge in [-0.15, -0.1) is 21.5 Å². The molecule has 0 spiro atoms. The molecule has 3 aromatic heterocycles. The lowest BCUT2D eigenvalue weighted by Gasteiger charge is -1.99. The summed E-state index contributed by atoms with van der Waals surface area (Å²) in [6.45, 7) is 5.34. The summed E-state index contributed by atoms with van der Waals surface area (Å²) in [6.07, 6.45) is 0. The van der Waals surface area contributed by atoms with E-state index in [0.29, 0.717) is 22.2 Å². The van der Waals surface area contributed by atoms with E-state index >= 15 is 0 Å². The number of furan rings is 1. The Balaban J connectivity index is 1.45. The van der Waals surface area contributed by atoms with Gasteiger partial charge in [-0.05, 0) is 26.8 Å². The monoisotopic (exact) mass is 395 g/mol. The molecule has 4 rings (SSSR count). The number of thiazole rings is 1. The van der Waals surface area contributed by atoms with Crippen LogP contribution >= 0.6 is 11.3 Å². The number of carbonyl (C=O) groups is 1. The van der Waals surface area contributed by atoms with Crippen LogP contribution in [0.5, 0.6) is 0 Å². The van der Waals surface area contributed by atoms with Crippen LogP contribution in [0.4, 0.5) is 0 Å². The van der Waals surface area contributed by atoms with Crippen LogP contribution in [0, 0.1) is 20.8 Å². The fraction of sp³-hybridized carbons (Fsp3) is 0.200. The number of aromatic nitrogens is 3. The molecule has 0 fully saturated rings. The third-order valence-electron chi connectivity index (χ3n) is 4.07. The first-order chi connectivity index (χ1) is 13.5. The van der Waals surface area contributed by atoms with E-state index in [-0.39, 0.29) is 12.5 Å². The number of carbonyl (C=O) groups excluding carboxylic acids is 1. The number of esters is 1. The van der Waals surface area contributed by atoms with Crippen LogP contribution in [-0.2, 0) is 11.3 Å². The minimum atomic E-state index is -0.465. The SMILES string of the molecule is Cc1cc(-c2nnc(COC(=O)c3sc(-c4ccccc4)nc3C)o2)c(C)o1. The highest BCUT2D eigenvalue weighted by Gasteiger charge is 2.20. The van der Waals surface area contributed by atoms with Gasteiger partial charge in [0.2, 0.25) is 0 Å². The molecule has 28 heavy (non-hydrogen) atoms. The second kappa shape index (κ2) is 7.40. The molecule has 0 unspecified atom stereocenters. The molecular weight excluding hydrogens is 378 g/mol. The highest BCUT2D eigenvalue weighted by molar-refractivity contribution is 7.17. The Labute approximate surface area is 165 Å². The molecule has 0 aliphatic rings. The Hall–Kier alpha value is -3.26. The largest absolute Gasteiger partial charge is 0.466 e. The average Bonchev–Trinajstić information content (AvgIpc) is 3.39. The van der Waals surface area contributed by atoms with Gasteiger partial charge in [-0.3, -0.25) is 0 Å². The Kier molecular flexibility index (Phi) is 4.79. The van der Waals surface area contributed by atoms with Gasteiger partial charge in [0.25, 0.3) is 11.8 Å². The van der Waals surface area contributed by atoms with Crippen molar-refractivity contribution in [3.8, 4) is 22.0 Å². The maximum atomic E-state index is 12.5. The molecule has 0 bridgehead atoms. The van der Waals surface area contributed by atoms with Crippen molar-refractivity contribution in [2.75, 3.05) is 0 Å². The number of rotatable bonds is 5. The predicted octanol–water partition coefficient (Wildman–Crippen LogP) is 4.74. The van der Waals surface area contributed by atoms with Crippen molar-refractivity contribution in [1.29, 1.82) is 0 Å². The Morgan fingerprint density at radius 1 is 1.11 bits per heavy atom. The zero-order valence-electron chi connectivity index (χ0n) is 15.6. The first-order valence-electron chi connectivity index (χ1n) is 8.61. The van der Waals surface area contributed by atoms with Gasteiger partial charge in [-0.25, -0.2) is 9.78 Å². The lowest BCUT2D eigenvalue weighted by atomic mass is 10.2. The fourth-order valence-electron chi connectivity index (χ4n) is 2.75. The highest BCUT2D eigenvalue weighted by Crippen LogP contribution is 2.29. The van der Waals surface area contributed by atoms with Crippen molar-refractivity contribution in [3.63, 3.8) is 0 Å². The molecule has 0 aliphatic carbocycles. The lowest BCUT2D eigenvalue weighted by molar-refractivity contribution is 0.0443. The van der Waals surface area contributed by atoms with Crippen molar-refractivity contribution in [3.05, 3.63) is 64.4 Å². The van der Waals surface area contributed by atoms with Crippen molar-refractivity contribution < 1.29 is 18.4 Å². The molecule has 0 saturated carbocycles. The summed E-state index contributed by atoms with van der Waals surface area (Å²) in [7, 11) is 0. The van der Waals surface area contributed by atoms with E-state index in [2.05, 4.69) is 15.2 Å². The van der Waals surface area contributed by atoms with Gasteiger partial charge in [-0.2, -0.15) is 0 Å². The average molecular weight is 395 g/mol. The van der Waals surface area contributed by atoms with E-state index in [9.17, 15) is 4.79 Å². The Morgan fingerprint density at radius 3 is 2.61 bits per heavy atom. The third kappa shape index (κ3) is 3.59. The minimum absolute atomic E-state index is 0.111. The van der Waals surface area contributed by atoms with Crippen LogP contribution in [0.1, 0.15) is 32.8 Å². The molecule has 0 saturated heterocycles. The van der Waals surface area contributed by atoms with Crippen LogP contribution in [0.3, 0.4) is 0 Å². The fourth-order valence-corrected chi connectivity index (χ4v) is 3.71. The zero-order chi connectivity index (χ0) is 19.7.